The first-order valence-electron chi connectivity index (χ1n) is 10.8. The van der Waals surface area contributed by atoms with Crippen LogP contribution in [-0.2, 0) is 0 Å². The molecule has 1 atom stereocenters. The first-order chi connectivity index (χ1) is 13.7. The molecular weight excluding hydrogens is 344 g/mol. The molecule has 1 aromatic carbocycles. The number of nitrogens with zero attached hydrogens (tertiary/aromatic N) is 3. The lowest BCUT2D eigenvalue weighted by atomic mass is 9.90. The zero-order chi connectivity index (χ0) is 19.5. The van der Waals surface area contributed by atoms with Gasteiger partial charge in [-0.25, -0.2) is 10.0 Å². The van der Waals surface area contributed by atoms with Crippen LogP contribution in [0.2, 0.25) is 0 Å². The lowest BCUT2D eigenvalue weighted by molar-refractivity contribution is 0.476. The summed E-state index contributed by atoms with van der Waals surface area (Å²) in [6, 6.07) is 6.51. The van der Waals surface area contributed by atoms with E-state index in [-0.39, 0.29) is 0 Å². The second kappa shape index (κ2) is 8.44. The summed E-state index contributed by atoms with van der Waals surface area (Å²) in [4.78, 5) is 5.18. The zero-order valence-electron chi connectivity index (χ0n) is 17.3. The zero-order valence-corrected chi connectivity index (χ0v) is 17.3. The van der Waals surface area contributed by atoms with Crippen LogP contribution in [0.4, 0.5) is 5.69 Å². The highest BCUT2D eigenvalue weighted by Gasteiger charge is 2.34. The van der Waals surface area contributed by atoms with Gasteiger partial charge < -0.3 is 5.32 Å². The molecule has 3 heterocycles. The van der Waals surface area contributed by atoms with E-state index in [0.29, 0.717) is 5.92 Å². The Balaban J connectivity index is 1.82. The molecule has 1 saturated heterocycles. The number of fused-ring (bicyclic) bond motifs is 3. The highest BCUT2D eigenvalue weighted by molar-refractivity contribution is 6.03. The van der Waals surface area contributed by atoms with Crippen LogP contribution >= 0.6 is 0 Å². The number of hydrazone groups is 1. The van der Waals surface area contributed by atoms with Gasteiger partial charge in [0.2, 0.25) is 0 Å². The summed E-state index contributed by atoms with van der Waals surface area (Å²) in [5, 5.41) is 10.8. The van der Waals surface area contributed by atoms with Crippen LogP contribution in [0.25, 0.3) is 11.8 Å². The number of allylic oxidation sites excluding steroid dienone is 1. The fourth-order valence-corrected chi connectivity index (χ4v) is 4.61. The van der Waals surface area contributed by atoms with Crippen LogP contribution in [0.3, 0.4) is 0 Å². The average molecular weight is 377 g/mol. The van der Waals surface area contributed by atoms with Crippen molar-refractivity contribution in [1.29, 1.82) is 0 Å². The molecule has 1 unspecified atom stereocenters. The second-order valence-corrected chi connectivity index (χ2v) is 8.17. The van der Waals surface area contributed by atoms with Gasteiger partial charge >= 0.3 is 0 Å². The van der Waals surface area contributed by atoms with E-state index in [2.05, 4.69) is 49.0 Å². The Hall–Kier alpha value is -2.20. The van der Waals surface area contributed by atoms with Crippen molar-refractivity contribution in [3.05, 3.63) is 41.5 Å². The van der Waals surface area contributed by atoms with Crippen molar-refractivity contribution in [2.75, 3.05) is 13.1 Å². The third-order valence-electron chi connectivity index (χ3n) is 6.10. The molecule has 3 aliphatic rings. The summed E-state index contributed by atoms with van der Waals surface area (Å²) >= 11 is 0. The lowest BCUT2D eigenvalue weighted by Gasteiger charge is -2.37. The number of hydrogen-bond acceptors (Lipinski definition) is 4. The van der Waals surface area contributed by atoms with Crippen molar-refractivity contribution >= 4 is 29.0 Å². The molecule has 3 aliphatic heterocycles. The molecule has 4 rings (SSSR count). The number of nitrogens with one attached hydrogen (secondary N) is 1. The van der Waals surface area contributed by atoms with Crippen molar-refractivity contribution in [2.24, 2.45) is 16.0 Å². The molecule has 148 valence electrons. The maximum atomic E-state index is 5.18. The molecule has 0 saturated carbocycles. The van der Waals surface area contributed by atoms with Crippen molar-refractivity contribution in [3.63, 3.8) is 0 Å². The van der Waals surface area contributed by atoms with Crippen LogP contribution in [0.5, 0.6) is 0 Å². The third-order valence-corrected chi connectivity index (χ3v) is 6.10. The van der Waals surface area contributed by atoms with Gasteiger partial charge in [0.1, 0.15) is 5.84 Å². The molecule has 1 N–H and O–H groups in total. The van der Waals surface area contributed by atoms with Crippen LogP contribution in [0.15, 0.2) is 40.4 Å². The first-order valence-corrected chi connectivity index (χ1v) is 10.8. The lowest BCUT2D eigenvalue weighted by Crippen LogP contribution is -2.37. The Morgan fingerprint density at radius 3 is 2.86 bits per heavy atom. The minimum absolute atomic E-state index is 0.467. The predicted octanol–water partition coefficient (Wildman–Crippen LogP) is 5.75. The van der Waals surface area contributed by atoms with Gasteiger partial charge in [0.15, 0.2) is 0 Å². The third kappa shape index (κ3) is 3.70. The van der Waals surface area contributed by atoms with E-state index in [9.17, 15) is 0 Å². The molecule has 28 heavy (non-hydrogen) atoms. The summed E-state index contributed by atoms with van der Waals surface area (Å²) in [5.74, 6) is 1.62. The van der Waals surface area contributed by atoms with Gasteiger partial charge in [-0.05, 0) is 75.4 Å². The number of benzene rings is 1. The molecule has 0 spiro atoms. The molecule has 1 aromatic rings. The van der Waals surface area contributed by atoms with Crippen molar-refractivity contribution in [3.8, 4) is 0 Å². The number of hydrogen-bond donors (Lipinski definition) is 1. The Kier molecular flexibility index (Phi) is 5.77. The second-order valence-electron chi connectivity index (χ2n) is 8.17. The van der Waals surface area contributed by atoms with Crippen molar-refractivity contribution in [2.45, 2.75) is 58.8 Å². The molecule has 4 nitrogen and oxygen atoms in total. The molecule has 0 amide bonds. The van der Waals surface area contributed by atoms with E-state index in [1.54, 1.807) is 0 Å². The summed E-state index contributed by atoms with van der Waals surface area (Å²) in [7, 11) is 0. The summed E-state index contributed by atoms with van der Waals surface area (Å²) < 4.78 is 0. The van der Waals surface area contributed by atoms with E-state index in [4.69, 9.17) is 10.1 Å². The van der Waals surface area contributed by atoms with E-state index in [1.165, 1.54) is 54.6 Å². The summed E-state index contributed by atoms with van der Waals surface area (Å²) in [5.41, 5.74) is 7.35. The van der Waals surface area contributed by atoms with Crippen molar-refractivity contribution in [1.82, 2.24) is 10.3 Å². The molecule has 0 bridgehead atoms. The fraction of sp³-hybridized carbons (Fsp3) is 0.500. The highest BCUT2D eigenvalue weighted by atomic mass is 15.5. The predicted molar refractivity (Wildman–Crippen MR) is 120 cm³/mol. The normalized spacial score (nSPS) is 22.9. The van der Waals surface area contributed by atoms with Crippen molar-refractivity contribution < 1.29 is 0 Å². The van der Waals surface area contributed by atoms with Gasteiger partial charge in [0.25, 0.3) is 0 Å². The quantitative estimate of drug-likeness (QED) is 0.730. The van der Waals surface area contributed by atoms with Gasteiger partial charge in [0, 0.05) is 23.6 Å². The Morgan fingerprint density at radius 1 is 1.21 bits per heavy atom. The molecule has 0 aliphatic carbocycles. The molecule has 4 heteroatoms. The standard InChI is InChI=1S/C24H32N4/c1-4-18-11-12-22-21(16-18)23-19(5-2)15-17(3)27-28(23)24(26-22)20-9-6-7-13-25-14-8-10-20/h4,11-12,16,20,25H,1,5-10,13-15H2,2-3H3. The number of amidine groups is 1. The van der Waals surface area contributed by atoms with E-state index < -0.39 is 0 Å². The van der Waals surface area contributed by atoms with E-state index in [0.717, 1.165) is 43.0 Å². The maximum Gasteiger partial charge on any atom is 0.134 e. The molecule has 0 aromatic heterocycles. The van der Waals surface area contributed by atoms with Gasteiger partial charge in [-0.15, -0.1) is 0 Å². The van der Waals surface area contributed by atoms with Gasteiger partial charge in [-0.1, -0.05) is 32.1 Å². The topological polar surface area (TPSA) is 40.0 Å². The fourth-order valence-electron chi connectivity index (χ4n) is 4.61. The highest BCUT2D eigenvalue weighted by Crippen LogP contribution is 2.43. The first kappa shape index (κ1) is 19.1. The largest absolute Gasteiger partial charge is 0.317 e. The SMILES string of the molecule is C=Cc1ccc2c(c1)C1=C(CC)CC(C)=NN1C(C1CCCCNCCC1)=N2. The van der Waals surface area contributed by atoms with Crippen LogP contribution in [-0.4, -0.2) is 29.6 Å². The van der Waals surface area contributed by atoms with Crippen LogP contribution < -0.4 is 5.32 Å². The molecule has 1 fully saturated rings. The van der Waals surface area contributed by atoms with Crippen LogP contribution in [0.1, 0.15) is 69.9 Å². The smallest absolute Gasteiger partial charge is 0.134 e. The minimum atomic E-state index is 0.467. The maximum absolute atomic E-state index is 5.18. The Bertz CT molecular complexity index is 836. The number of aliphatic imine (C=N–C) groups is 1. The molecule has 0 radical (unpaired) electrons. The summed E-state index contributed by atoms with van der Waals surface area (Å²) in [6.07, 6.45) is 9.97. The Labute approximate surface area is 169 Å². The van der Waals surface area contributed by atoms with Gasteiger partial charge in [-0.2, -0.15) is 5.10 Å². The average Bonchev–Trinajstić information content (AvgIpc) is 2.86. The monoisotopic (exact) mass is 376 g/mol. The molecular formula is C24H32N4. The van der Waals surface area contributed by atoms with E-state index >= 15 is 0 Å². The van der Waals surface area contributed by atoms with Gasteiger partial charge in [-0.3, -0.25) is 0 Å². The van der Waals surface area contributed by atoms with E-state index in [1.807, 2.05) is 6.08 Å². The summed E-state index contributed by atoms with van der Waals surface area (Å²) in [6.45, 7) is 10.6. The Morgan fingerprint density at radius 2 is 2.04 bits per heavy atom. The number of rotatable bonds is 3. The van der Waals surface area contributed by atoms with Crippen LogP contribution in [0, 0.1) is 5.92 Å². The minimum Gasteiger partial charge on any atom is -0.317 e. The van der Waals surface area contributed by atoms with Gasteiger partial charge in [0.05, 0.1) is 11.4 Å².